The predicted octanol–water partition coefficient (Wildman–Crippen LogP) is 2.36. The lowest BCUT2D eigenvalue weighted by Crippen LogP contribution is -2.41. The second-order valence-electron chi connectivity index (χ2n) is 4.56. The van der Waals surface area contributed by atoms with Gasteiger partial charge in [0.25, 0.3) is 0 Å². The fourth-order valence-electron chi connectivity index (χ4n) is 2.32. The molecule has 4 N–H and O–H groups in total. The Labute approximate surface area is 108 Å². The van der Waals surface area contributed by atoms with Gasteiger partial charge in [0.2, 0.25) is 0 Å². The Bertz CT molecular complexity index is 474. The lowest BCUT2D eigenvalue weighted by atomic mass is 9.80. The van der Waals surface area contributed by atoms with Crippen LogP contribution in [0, 0.1) is 5.41 Å². The molecule has 0 radical (unpaired) electrons. The van der Waals surface area contributed by atoms with Crippen LogP contribution in [0.3, 0.4) is 0 Å². The summed E-state index contributed by atoms with van der Waals surface area (Å²) in [6.07, 6.45) is 5.01. The molecule has 0 saturated carbocycles. The van der Waals surface area contributed by atoms with Gasteiger partial charge in [0.15, 0.2) is 5.96 Å². The molecule has 1 aromatic carbocycles. The molecule has 0 fully saturated rings. The minimum atomic E-state index is -0.00152. The van der Waals surface area contributed by atoms with Crippen molar-refractivity contribution >= 4 is 5.96 Å². The predicted molar refractivity (Wildman–Crippen MR) is 75.4 cm³/mol. The number of hydrogen-bond donors (Lipinski definition) is 3. The van der Waals surface area contributed by atoms with E-state index in [2.05, 4.69) is 36.2 Å². The molecule has 1 aliphatic rings. The lowest BCUT2D eigenvalue weighted by molar-refractivity contribution is 0.662. The first kappa shape index (κ1) is 12.4. The minimum Gasteiger partial charge on any atom is -0.370 e. The highest BCUT2D eigenvalue weighted by Gasteiger charge is 2.23. The van der Waals surface area contributed by atoms with Gasteiger partial charge < -0.3 is 11.1 Å². The number of benzene rings is 1. The van der Waals surface area contributed by atoms with Gasteiger partial charge in [-0.15, -0.1) is 6.58 Å². The van der Waals surface area contributed by atoms with E-state index in [-0.39, 0.29) is 12.0 Å². The third-order valence-electron chi connectivity index (χ3n) is 3.33. The Hall–Kier alpha value is -2.03. The number of nitrogens with two attached hydrogens (primary N) is 1. The molecule has 2 rings (SSSR count). The van der Waals surface area contributed by atoms with Crippen molar-refractivity contribution in [1.82, 2.24) is 5.32 Å². The summed E-state index contributed by atoms with van der Waals surface area (Å²) in [6, 6.07) is 10.5. The van der Waals surface area contributed by atoms with Gasteiger partial charge in [-0.3, -0.25) is 5.41 Å². The average Bonchev–Trinajstić information content (AvgIpc) is 2.34. The molecule has 0 bridgehead atoms. The average molecular weight is 241 g/mol. The van der Waals surface area contributed by atoms with Crippen LogP contribution in [-0.4, -0.2) is 12.0 Å². The van der Waals surface area contributed by atoms with Crippen LogP contribution in [0.1, 0.15) is 18.4 Å². The number of allylic oxidation sites excluding steroid dienone is 1. The second kappa shape index (κ2) is 5.54. The van der Waals surface area contributed by atoms with Crippen molar-refractivity contribution in [1.29, 1.82) is 5.41 Å². The van der Waals surface area contributed by atoms with Crippen LogP contribution in [0.2, 0.25) is 0 Å². The van der Waals surface area contributed by atoms with E-state index in [4.69, 9.17) is 11.1 Å². The maximum absolute atomic E-state index is 7.30. The molecule has 0 aliphatic heterocycles. The molecule has 0 aromatic heterocycles. The zero-order valence-electron chi connectivity index (χ0n) is 10.4. The normalized spacial score (nSPS) is 15.8. The van der Waals surface area contributed by atoms with Crippen molar-refractivity contribution in [2.45, 2.75) is 25.3 Å². The minimum absolute atomic E-state index is 0.00152. The Balaban J connectivity index is 2.10. The first-order chi connectivity index (χ1) is 8.70. The third-order valence-corrected chi connectivity index (χ3v) is 3.33. The SMILES string of the molecule is C=CC(NC(=N)N)C1=C(Cc2ccccc2)CC1. The molecule has 3 nitrogen and oxygen atoms in total. The van der Waals surface area contributed by atoms with Crippen molar-refractivity contribution in [3.05, 3.63) is 59.7 Å². The summed E-state index contributed by atoms with van der Waals surface area (Å²) in [7, 11) is 0. The number of nitrogens with one attached hydrogen (secondary N) is 2. The van der Waals surface area contributed by atoms with Crippen molar-refractivity contribution < 1.29 is 0 Å². The molecule has 1 aliphatic carbocycles. The fourth-order valence-corrected chi connectivity index (χ4v) is 2.32. The highest BCUT2D eigenvalue weighted by atomic mass is 15.1. The van der Waals surface area contributed by atoms with E-state index in [1.807, 2.05) is 12.1 Å². The zero-order chi connectivity index (χ0) is 13.0. The van der Waals surface area contributed by atoms with E-state index >= 15 is 0 Å². The number of hydrogen-bond acceptors (Lipinski definition) is 1. The first-order valence-corrected chi connectivity index (χ1v) is 6.18. The van der Waals surface area contributed by atoms with Gasteiger partial charge in [0.05, 0.1) is 6.04 Å². The summed E-state index contributed by atoms with van der Waals surface area (Å²) in [6.45, 7) is 3.81. The van der Waals surface area contributed by atoms with E-state index in [1.165, 1.54) is 16.7 Å². The van der Waals surface area contributed by atoms with Crippen molar-refractivity contribution in [2.75, 3.05) is 0 Å². The Morgan fingerprint density at radius 1 is 1.39 bits per heavy atom. The van der Waals surface area contributed by atoms with Gasteiger partial charge in [-0.2, -0.15) is 0 Å². The van der Waals surface area contributed by atoms with E-state index in [1.54, 1.807) is 0 Å². The number of rotatable bonds is 5. The van der Waals surface area contributed by atoms with Gasteiger partial charge in [-0.1, -0.05) is 42.0 Å². The Kier molecular flexibility index (Phi) is 3.82. The molecule has 3 heteroatoms. The standard InChI is InChI=1S/C15H19N3/c1-2-14(18-15(16)17)13-9-8-12(13)10-11-6-4-3-5-7-11/h2-7,14H,1,8-10H2,(H4,16,17,18). The topological polar surface area (TPSA) is 61.9 Å². The van der Waals surface area contributed by atoms with Crippen molar-refractivity contribution in [2.24, 2.45) is 5.73 Å². The van der Waals surface area contributed by atoms with Crippen LogP contribution >= 0.6 is 0 Å². The highest BCUT2D eigenvalue weighted by Crippen LogP contribution is 2.33. The third kappa shape index (κ3) is 2.80. The molecule has 94 valence electrons. The molecule has 18 heavy (non-hydrogen) atoms. The monoisotopic (exact) mass is 241 g/mol. The first-order valence-electron chi connectivity index (χ1n) is 6.18. The maximum Gasteiger partial charge on any atom is 0.186 e. The lowest BCUT2D eigenvalue weighted by Gasteiger charge is -2.30. The van der Waals surface area contributed by atoms with Crippen molar-refractivity contribution in [3.8, 4) is 0 Å². The molecule has 1 atom stereocenters. The van der Waals surface area contributed by atoms with Gasteiger partial charge in [-0.25, -0.2) is 0 Å². The Morgan fingerprint density at radius 2 is 2.11 bits per heavy atom. The zero-order valence-corrected chi connectivity index (χ0v) is 10.4. The molecular weight excluding hydrogens is 222 g/mol. The molecule has 0 heterocycles. The van der Waals surface area contributed by atoms with Gasteiger partial charge in [0, 0.05) is 0 Å². The maximum atomic E-state index is 7.30. The summed E-state index contributed by atoms with van der Waals surface area (Å²) in [4.78, 5) is 0. The molecule has 1 aromatic rings. The smallest absolute Gasteiger partial charge is 0.186 e. The molecule has 0 amide bonds. The summed E-state index contributed by atoms with van der Waals surface area (Å²) >= 11 is 0. The van der Waals surface area contributed by atoms with Gasteiger partial charge >= 0.3 is 0 Å². The molecule has 0 spiro atoms. The summed E-state index contributed by atoms with van der Waals surface area (Å²) in [5.74, 6) is -0.00152. The molecule has 0 saturated heterocycles. The summed E-state index contributed by atoms with van der Waals surface area (Å²) < 4.78 is 0. The van der Waals surface area contributed by atoms with E-state index < -0.39 is 0 Å². The van der Waals surface area contributed by atoms with Crippen LogP contribution in [-0.2, 0) is 6.42 Å². The van der Waals surface area contributed by atoms with E-state index in [9.17, 15) is 0 Å². The fraction of sp³-hybridized carbons (Fsp3) is 0.267. The Morgan fingerprint density at radius 3 is 2.61 bits per heavy atom. The summed E-state index contributed by atoms with van der Waals surface area (Å²) in [5.41, 5.74) is 9.50. The van der Waals surface area contributed by atoms with Crippen LogP contribution in [0.25, 0.3) is 0 Å². The second-order valence-corrected chi connectivity index (χ2v) is 4.56. The van der Waals surface area contributed by atoms with E-state index in [0.29, 0.717) is 0 Å². The van der Waals surface area contributed by atoms with Crippen LogP contribution in [0.4, 0.5) is 0 Å². The number of guanidine groups is 1. The quantitative estimate of drug-likeness (QED) is 0.421. The van der Waals surface area contributed by atoms with Crippen LogP contribution in [0.5, 0.6) is 0 Å². The molecular formula is C15H19N3. The van der Waals surface area contributed by atoms with E-state index in [0.717, 1.165) is 19.3 Å². The van der Waals surface area contributed by atoms with Gasteiger partial charge in [0.1, 0.15) is 0 Å². The summed E-state index contributed by atoms with van der Waals surface area (Å²) in [5, 5.41) is 10.2. The van der Waals surface area contributed by atoms with Crippen LogP contribution < -0.4 is 11.1 Å². The van der Waals surface area contributed by atoms with Crippen molar-refractivity contribution in [3.63, 3.8) is 0 Å². The highest BCUT2D eigenvalue weighted by molar-refractivity contribution is 5.75. The molecule has 1 unspecified atom stereocenters. The largest absolute Gasteiger partial charge is 0.370 e. The van der Waals surface area contributed by atoms with Gasteiger partial charge in [-0.05, 0) is 30.4 Å². The van der Waals surface area contributed by atoms with Crippen LogP contribution in [0.15, 0.2) is 54.1 Å².